The van der Waals surface area contributed by atoms with Crippen LogP contribution in [0.5, 0.6) is 0 Å². The smallest absolute Gasteiger partial charge is 0.330 e. The van der Waals surface area contributed by atoms with Crippen molar-refractivity contribution in [1.29, 1.82) is 0 Å². The van der Waals surface area contributed by atoms with Gasteiger partial charge >= 0.3 is 5.97 Å². The van der Waals surface area contributed by atoms with Crippen LogP contribution in [0, 0.1) is 22.0 Å². The van der Waals surface area contributed by atoms with Crippen molar-refractivity contribution in [2.24, 2.45) is 11.8 Å². The Bertz CT molecular complexity index is 464. The molecule has 0 heterocycles. The number of esters is 1. The second-order valence-corrected chi connectivity index (χ2v) is 6.42. The van der Waals surface area contributed by atoms with Crippen LogP contribution >= 0.6 is 0 Å². The molecular formula is C18H29NO6. The van der Waals surface area contributed by atoms with Gasteiger partial charge in [-0.25, -0.2) is 4.79 Å². The van der Waals surface area contributed by atoms with Crippen LogP contribution in [0.4, 0.5) is 0 Å². The molecule has 25 heavy (non-hydrogen) atoms. The number of allylic oxidation sites excluding steroid dienone is 2. The van der Waals surface area contributed by atoms with E-state index in [0.717, 1.165) is 31.8 Å². The van der Waals surface area contributed by atoms with E-state index in [2.05, 4.69) is 18.7 Å². The number of rotatable bonds is 12. The van der Waals surface area contributed by atoms with Crippen molar-refractivity contribution >= 4 is 5.97 Å². The molecule has 0 aliphatic heterocycles. The summed E-state index contributed by atoms with van der Waals surface area (Å²) in [4.78, 5) is 21.7. The molecule has 7 heteroatoms. The van der Waals surface area contributed by atoms with E-state index >= 15 is 0 Å². The highest BCUT2D eigenvalue weighted by Crippen LogP contribution is 2.35. The molecule has 1 rings (SSSR count). The van der Waals surface area contributed by atoms with Crippen molar-refractivity contribution in [3.8, 4) is 0 Å². The zero-order valence-electron chi connectivity index (χ0n) is 15.1. The summed E-state index contributed by atoms with van der Waals surface area (Å²) in [5.74, 6) is -0.248. The van der Waals surface area contributed by atoms with Crippen LogP contribution in [-0.4, -0.2) is 43.5 Å². The summed E-state index contributed by atoms with van der Waals surface area (Å²) >= 11 is 0. The van der Waals surface area contributed by atoms with Crippen molar-refractivity contribution in [1.82, 2.24) is 0 Å². The monoisotopic (exact) mass is 355 g/mol. The summed E-state index contributed by atoms with van der Waals surface area (Å²) in [7, 11) is 1.56. The maximum atomic E-state index is 11.1. The Morgan fingerprint density at radius 2 is 2.20 bits per heavy atom. The molecule has 0 unspecified atom stereocenters. The van der Waals surface area contributed by atoms with E-state index in [0.29, 0.717) is 6.42 Å². The first-order valence-corrected chi connectivity index (χ1v) is 8.68. The van der Waals surface area contributed by atoms with Gasteiger partial charge in [0.05, 0.1) is 12.2 Å². The number of methoxy groups -OCH3 is 1. The zero-order valence-corrected chi connectivity index (χ0v) is 15.1. The minimum atomic E-state index is -0.404. The van der Waals surface area contributed by atoms with Crippen LogP contribution in [0.1, 0.15) is 39.0 Å². The van der Waals surface area contributed by atoms with E-state index in [1.807, 2.05) is 6.92 Å². The second kappa shape index (κ2) is 11.8. The molecule has 1 saturated carbocycles. The maximum Gasteiger partial charge on any atom is 0.330 e. The average Bonchev–Trinajstić information content (AvgIpc) is 2.93. The molecule has 1 fully saturated rings. The van der Waals surface area contributed by atoms with E-state index in [4.69, 9.17) is 14.2 Å². The van der Waals surface area contributed by atoms with E-state index < -0.39 is 5.97 Å². The highest BCUT2D eigenvalue weighted by Gasteiger charge is 2.36. The fraction of sp³-hybridized carbons (Fsp3) is 0.722. The van der Waals surface area contributed by atoms with Crippen molar-refractivity contribution in [3.05, 3.63) is 34.9 Å². The Morgan fingerprint density at radius 1 is 1.44 bits per heavy atom. The van der Waals surface area contributed by atoms with Crippen LogP contribution in [0.3, 0.4) is 0 Å². The SMILES string of the molecule is C=CC(=O)O[C@H](C)CCC/C=C/[C@@H]1C[C@H](OCOC)C[C@H]1C[N+](=O)[O-]. The Labute approximate surface area is 149 Å². The third-order valence-corrected chi connectivity index (χ3v) is 4.36. The van der Waals surface area contributed by atoms with Crippen LogP contribution in [0.15, 0.2) is 24.8 Å². The number of ether oxygens (including phenoxy) is 3. The van der Waals surface area contributed by atoms with Gasteiger partial charge in [0.2, 0.25) is 6.54 Å². The Balaban J connectivity index is 2.37. The highest BCUT2D eigenvalue weighted by atomic mass is 16.7. The molecule has 142 valence electrons. The topological polar surface area (TPSA) is 87.9 Å². The fourth-order valence-corrected chi connectivity index (χ4v) is 3.14. The van der Waals surface area contributed by atoms with Gasteiger partial charge < -0.3 is 14.2 Å². The van der Waals surface area contributed by atoms with E-state index in [-0.39, 0.29) is 42.3 Å². The molecule has 0 amide bonds. The van der Waals surface area contributed by atoms with Crippen LogP contribution in [0.25, 0.3) is 0 Å². The Hall–Kier alpha value is -1.73. The Kier molecular flexibility index (Phi) is 10.0. The first-order valence-electron chi connectivity index (χ1n) is 8.68. The summed E-state index contributed by atoms with van der Waals surface area (Å²) in [5.41, 5.74) is 0. The van der Waals surface area contributed by atoms with Gasteiger partial charge in [0.15, 0.2) is 0 Å². The summed E-state index contributed by atoms with van der Waals surface area (Å²) < 4.78 is 15.6. The fourth-order valence-electron chi connectivity index (χ4n) is 3.14. The van der Waals surface area contributed by atoms with Gasteiger partial charge in [-0.1, -0.05) is 18.7 Å². The average molecular weight is 355 g/mol. The van der Waals surface area contributed by atoms with Gasteiger partial charge in [0.25, 0.3) is 0 Å². The summed E-state index contributed by atoms with van der Waals surface area (Å²) in [5, 5.41) is 10.9. The lowest BCUT2D eigenvalue weighted by Crippen LogP contribution is -2.17. The predicted octanol–water partition coefficient (Wildman–Crippen LogP) is 3.12. The first-order chi connectivity index (χ1) is 12.0. The molecule has 0 aromatic rings. The third-order valence-electron chi connectivity index (χ3n) is 4.36. The van der Waals surface area contributed by atoms with Gasteiger partial charge in [-0.3, -0.25) is 10.1 Å². The molecular weight excluding hydrogens is 326 g/mol. The van der Waals surface area contributed by atoms with Crippen LogP contribution < -0.4 is 0 Å². The van der Waals surface area contributed by atoms with Gasteiger partial charge in [-0.2, -0.15) is 0 Å². The largest absolute Gasteiger partial charge is 0.460 e. The first kappa shape index (κ1) is 21.3. The lowest BCUT2D eigenvalue weighted by Gasteiger charge is -2.12. The number of nitrogens with zero attached hydrogens (tertiary/aromatic N) is 1. The lowest BCUT2D eigenvalue weighted by atomic mass is 9.95. The van der Waals surface area contributed by atoms with E-state index in [9.17, 15) is 14.9 Å². The van der Waals surface area contributed by atoms with Gasteiger partial charge in [-0.05, 0) is 44.9 Å². The molecule has 1 aliphatic carbocycles. The zero-order chi connectivity index (χ0) is 18.7. The van der Waals surface area contributed by atoms with Gasteiger partial charge in [0.1, 0.15) is 6.79 Å². The molecule has 4 atom stereocenters. The molecule has 0 saturated heterocycles. The number of unbranched alkanes of at least 4 members (excludes halogenated alkanes) is 1. The number of nitro groups is 1. The second-order valence-electron chi connectivity index (χ2n) is 6.42. The quantitative estimate of drug-likeness (QED) is 0.102. The lowest BCUT2D eigenvalue weighted by molar-refractivity contribution is -0.489. The predicted molar refractivity (Wildman–Crippen MR) is 93.6 cm³/mol. The van der Waals surface area contributed by atoms with Crippen molar-refractivity contribution in [3.63, 3.8) is 0 Å². The van der Waals surface area contributed by atoms with Gasteiger partial charge in [-0.15, -0.1) is 0 Å². The van der Waals surface area contributed by atoms with E-state index in [1.54, 1.807) is 7.11 Å². The van der Waals surface area contributed by atoms with Crippen LogP contribution in [-0.2, 0) is 19.0 Å². The standard InChI is InChI=1S/C18H29NO6/c1-4-18(20)25-14(2)8-6-5-7-9-15-10-17(24-13-23-3)11-16(15)12-19(21)22/h4,7,9,14-17H,1,5-6,8,10-13H2,2-3H3/b9-7+/t14-,15-,16+,17+/m1/s1. The number of hydrogen-bond donors (Lipinski definition) is 0. The highest BCUT2D eigenvalue weighted by molar-refractivity contribution is 5.81. The molecule has 0 bridgehead atoms. The summed E-state index contributed by atoms with van der Waals surface area (Å²) in [6.45, 7) is 5.41. The van der Waals surface area contributed by atoms with Crippen LogP contribution in [0.2, 0.25) is 0 Å². The minimum Gasteiger partial charge on any atom is -0.460 e. The number of carbonyl (C=O) groups is 1. The summed E-state index contributed by atoms with van der Waals surface area (Å²) in [6, 6.07) is 0. The molecule has 0 aromatic carbocycles. The van der Waals surface area contributed by atoms with Crippen molar-refractivity contribution < 1.29 is 23.9 Å². The number of hydrogen-bond acceptors (Lipinski definition) is 6. The maximum absolute atomic E-state index is 11.1. The molecule has 0 N–H and O–H groups in total. The third kappa shape index (κ3) is 8.79. The molecule has 1 aliphatic rings. The van der Waals surface area contributed by atoms with Gasteiger partial charge in [0, 0.05) is 24.0 Å². The van der Waals surface area contributed by atoms with Crippen molar-refractivity contribution in [2.45, 2.75) is 51.2 Å². The molecule has 0 spiro atoms. The van der Waals surface area contributed by atoms with E-state index in [1.165, 1.54) is 0 Å². The van der Waals surface area contributed by atoms with Crippen molar-refractivity contribution in [2.75, 3.05) is 20.4 Å². The summed E-state index contributed by atoms with van der Waals surface area (Å²) in [6.07, 6.45) is 9.15. The molecule has 7 nitrogen and oxygen atoms in total. The Morgan fingerprint density at radius 3 is 2.84 bits per heavy atom. The normalized spacial score (nSPS) is 24.3. The minimum absolute atomic E-state index is 0.000533. The molecule has 0 radical (unpaired) electrons. The number of carbonyl (C=O) groups excluding carboxylic acids is 1. The molecule has 0 aromatic heterocycles.